The van der Waals surface area contributed by atoms with Crippen LogP contribution in [0, 0.1) is 0 Å². The third-order valence-corrected chi connectivity index (χ3v) is 7.18. The van der Waals surface area contributed by atoms with Crippen LogP contribution in [-0.4, -0.2) is 69.7 Å². The van der Waals surface area contributed by atoms with E-state index in [1.54, 1.807) is 0 Å². The van der Waals surface area contributed by atoms with E-state index < -0.39 is 0 Å². The predicted octanol–water partition coefficient (Wildman–Crippen LogP) is 4.43. The molecule has 3 heterocycles. The number of hydrogen-bond donors (Lipinski definition) is 1. The Hall–Kier alpha value is -2.74. The van der Waals surface area contributed by atoms with Crippen molar-refractivity contribution in [2.75, 3.05) is 44.6 Å². The van der Waals surface area contributed by atoms with Crippen molar-refractivity contribution in [1.29, 1.82) is 0 Å². The summed E-state index contributed by atoms with van der Waals surface area (Å²) in [6.07, 6.45) is 5.50. The number of nitrogens with one attached hydrogen (secondary N) is 1. The van der Waals surface area contributed by atoms with Crippen molar-refractivity contribution >= 4 is 23.2 Å². The standard InChI is InChI=1S/C27H33ClN6O/c1-2-3-4-12-32-13-15-33(16-14-32)19-26(35)29-23-9-10-24-20(18-23)8-11-25-30-31-27(34(24)25)21-6-5-7-22(28)17-21/h5-7,9-10,17-18H,2-4,8,11-16,19H2,1H3,(H,29,35). The van der Waals surface area contributed by atoms with Crippen LogP contribution < -0.4 is 5.32 Å². The lowest BCUT2D eigenvalue weighted by atomic mass is 10.0. The third-order valence-electron chi connectivity index (χ3n) is 6.95. The van der Waals surface area contributed by atoms with Gasteiger partial charge in [-0.05, 0) is 55.3 Å². The number of anilines is 1. The van der Waals surface area contributed by atoms with Crippen LogP contribution in [0.1, 0.15) is 37.6 Å². The van der Waals surface area contributed by atoms with Crippen LogP contribution in [0.3, 0.4) is 0 Å². The topological polar surface area (TPSA) is 66.3 Å². The zero-order valence-corrected chi connectivity index (χ0v) is 21.1. The normalized spacial score (nSPS) is 16.1. The highest BCUT2D eigenvalue weighted by molar-refractivity contribution is 6.30. The number of nitrogens with zero attached hydrogens (tertiary/aromatic N) is 5. The molecule has 7 nitrogen and oxygen atoms in total. The van der Waals surface area contributed by atoms with Crippen molar-refractivity contribution in [3.8, 4) is 17.1 Å². The van der Waals surface area contributed by atoms with Crippen LogP contribution in [0.5, 0.6) is 0 Å². The molecule has 35 heavy (non-hydrogen) atoms. The molecule has 184 valence electrons. The molecule has 3 aromatic rings. The number of halogens is 1. The lowest BCUT2D eigenvalue weighted by Gasteiger charge is -2.34. The minimum absolute atomic E-state index is 0.0461. The van der Waals surface area contributed by atoms with Crippen LogP contribution in [0.25, 0.3) is 17.1 Å². The molecule has 0 spiro atoms. The van der Waals surface area contributed by atoms with E-state index in [9.17, 15) is 4.79 Å². The summed E-state index contributed by atoms with van der Waals surface area (Å²) < 4.78 is 2.11. The Bertz CT molecular complexity index is 1180. The Morgan fingerprint density at radius 2 is 1.83 bits per heavy atom. The molecule has 1 saturated heterocycles. The van der Waals surface area contributed by atoms with Crippen LogP contribution >= 0.6 is 11.6 Å². The fourth-order valence-electron chi connectivity index (χ4n) is 5.03. The lowest BCUT2D eigenvalue weighted by Crippen LogP contribution is -2.48. The first kappa shape index (κ1) is 24.0. The molecule has 1 aromatic heterocycles. The minimum Gasteiger partial charge on any atom is -0.325 e. The van der Waals surface area contributed by atoms with Gasteiger partial charge in [-0.25, -0.2) is 0 Å². The van der Waals surface area contributed by atoms with Crippen molar-refractivity contribution in [2.24, 2.45) is 0 Å². The number of fused-ring (bicyclic) bond motifs is 3. The molecule has 2 aliphatic rings. The van der Waals surface area contributed by atoms with Crippen molar-refractivity contribution in [1.82, 2.24) is 24.6 Å². The first-order chi connectivity index (χ1) is 17.1. The number of aromatic nitrogens is 3. The van der Waals surface area contributed by atoms with E-state index in [0.717, 1.165) is 67.6 Å². The van der Waals surface area contributed by atoms with Crippen LogP contribution in [0.4, 0.5) is 5.69 Å². The number of piperazine rings is 1. The van der Waals surface area contributed by atoms with Gasteiger partial charge in [-0.3, -0.25) is 14.3 Å². The van der Waals surface area contributed by atoms with Gasteiger partial charge in [0.05, 0.1) is 12.2 Å². The number of benzene rings is 2. The summed E-state index contributed by atoms with van der Waals surface area (Å²) in [6.45, 7) is 7.85. The number of aryl methyl sites for hydroxylation is 2. The van der Waals surface area contributed by atoms with E-state index in [2.05, 4.69) is 48.9 Å². The van der Waals surface area contributed by atoms with Gasteiger partial charge in [0.25, 0.3) is 0 Å². The van der Waals surface area contributed by atoms with Crippen LogP contribution in [0.2, 0.25) is 5.02 Å². The first-order valence-electron chi connectivity index (χ1n) is 12.7. The maximum atomic E-state index is 12.8. The molecule has 1 amide bonds. The predicted molar refractivity (Wildman–Crippen MR) is 140 cm³/mol. The smallest absolute Gasteiger partial charge is 0.238 e. The summed E-state index contributed by atoms with van der Waals surface area (Å²) >= 11 is 6.21. The Balaban J connectivity index is 1.22. The quantitative estimate of drug-likeness (QED) is 0.471. The van der Waals surface area contributed by atoms with Gasteiger partial charge in [-0.15, -0.1) is 10.2 Å². The fourth-order valence-corrected chi connectivity index (χ4v) is 5.22. The fraction of sp³-hybridized carbons (Fsp3) is 0.444. The zero-order chi connectivity index (χ0) is 24.2. The monoisotopic (exact) mass is 492 g/mol. The number of carbonyl (C=O) groups is 1. The molecular formula is C27H33ClN6O. The summed E-state index contributed by atoms with van der Waals surface area (Å²) in [4.78, 5) is 17.5. The van der Waals surface area contributed by atoms with Crippen LogP contribution in [-0.2, 0) is 17.6 Å². The molecule has 0 unspecified atom stereocenters. The first-order valence-corrected chi connectivity index (χ1v) is 13.1. The molecule has 0 atom stereocenters. The van der Waals surface area contributed by atoms with Crippen molar-refractivity contribution in [2.45, 2.75) is 39.0 Å². The Labute approximate surface area is 212 Å². The van der Waals surface area contributed by atoms with Gasteiger partial charge < -0.3 is 10.2 Å². The lowest BCUT2D eigenvalue weighted by molar-refractivity contribution is -0.117. The molecular weight excluding hydrogens is 460 g/mol. The highest BCUT2D eigenvalue weighted by Gasteiger charge is 2.23. The molecule has 0 aliphatic carbocycles. The van der Waals surface area contributed by atoms with Gasteiger partial charge in [0.1, 0.15) is 5.82 Å². The Morgan fingerprint density at radius 3 is 2.63 bits per heavy atom. The summed E-state index contributed by atoms with van der Waals surface area (Å²) in [5.74, 6) is 1.77. The molecule has 1 fully saturated rings. The van der Waals surface area contributed by atoms with Crippen LogP contribution in [0.15, 0.2) is 42.5 Å². The minimum atomic E-state index is 0.0461. The summed E-state index contributed by atoms with van der Waals surface area (Å²) in [5.41, 5.74) is 4.02. The average Bonchev–Trinajstić information content (AvgIpc) is 3.30. The molecule has 0 saturated carbocycles. The third kappa shape index (κ3) is 5.58. The average molecular weight is 493 g/mol. The second-order valence-electron chi connectivity index (χ2n) is 9.50. The van der Waals surface area contributed by atoms with Crippen molar-refractivity contribution < 1.29 is 4.79 Å². The van der Waals surface area contributed by atoms with Gasteiger partial charge >= 0.3 is 0 Å². The van der Waals surface area contributed by atoms with Gasteiger partial charge in [0, 0.05) is 48.9 Å². The summed E-state index contributed by atoms with van der Waals surface area (Å²) in [7, 11) is 0. The maximum absolute atomic E-state index is 12.8. The Morgan fingerprint density at radius 1 is 1.00 bits per heavy atom. The molecule has 0 radical (unpaired) electrons. The van der Waals surface area contributed by atoms with E-state index >= 15 is 0 Å². The van der Waals surface area contributed by atoms with E-state index in [0.29, 0.717) is 11.6 Å². The number of rotatable bonds is 8. The van der Waals surface area contributed by atoms with Gasteiger partial charge in [0.15, 0.2) is 5.82 Å². The van der Waals surface area contributed by atoms with Crippen molar-refractivity contribution in [3.05, 3.63) is 58.9 Å². The number of amides is 1. The molecule has 2 aliphatic heterocycles. The molecule has 5 rings (SSSR count). The number of unbranched alkanes of at least 4 members (excludes halogenated alkanes) is 2. The highest BCUT2D eigenvalue weighted by atomic mass is 35.5. The van der Waals surface area contributed by atoms with E-state index in [-0.39, 0.29) is 5.91 Å². The SMILES string of the molecule is CCCCCN1CCN(CC(=O)Nc2ccc3c(c2)CCc2nnc(-c4cccc(Cl)c4)n2-3)CC1. The largest absolute Gasteiger partial charge is 0.325 e. The van der Waals surface area contributed by atoms with E-state index in [4.69, 9.17) is 11.6 Å². The second-order valence-corrected chi connectivity index (χ2v) is 9.94. The van der Waals surface area contributed by atoms with E-state index in [1.807, 2.05) is 30.3 Å². The molecule has 0 bridgehead atoms. The number of hydrogen-bond acceptors (Lipinski definition) is 5. The van der Waals surface area contributed by atoms with Crippen molar-refractivity contribution in [3.63, 3.8) is 0 Å². The summed E-state index contributed by atoms with van der Waals surface area (Å²) in [6, 6.07) is 13.8. The zero-order valence-electron chi connectivity index (χ0n) is 20.3. The molecule has 8 heteroatoms. The van der Waals surface area contributed by atoms with E-state index in [1.165, 1.54) is 31.4 Å². The molecule has 1 N–H and O–H groups in total. The van der Waals surface area contributed by atoms with Gasteiger partial charge in [0.2, 0.25) is 5.91 Å². The Kier molecular flexibility index (Phi) is 7.46. The maximum Gasteiger partial charge on any atom is 0.238 e. The van der Waals surface area contributed by atoms with Gasteiger partial charge in [-0.1, -0.05) is 43.5 Å². The highest BCUT2D eigenvalue weighted by Crippen LogP contribution is 2.32. The summed E-state index contributed by atoms with van der Waals surface area (Å²) in [5, 5.41) is 12.6. The molecule has 2 aromatic carbocycles. The second kappa shape index (κ2) is 10.9. The number of carbonyl (C=O) groups excluding carboxylic acids is 1. The van der Waals surface area contributed by atoms with Gasteiger partial charge in [-0.2, -0.15) is 0 Å².